The smallest absolute Gasteiger partial charge is 0.136 e. The second kappa shape index (κ2) is 13.6. The van der Waals surface area contributed by atoms with Crippen molar-refractivity contribution in [1.29, 1.82) is 0 Å². The lowest BCUT2D eigenvalue weighted by molar-refractivity contribution is 0.669. The van der Waals surface area contributed by atoms with Gasteiger partial charge in [-0.25, -0.2) is 0 Å². The maximum absolute atomic E-state index is 6.41. The van der Waals surface area contributed by atoms with Crippen molar-refractivity contribution in [2.24, 2.45) is 0 Å². The molecule has 9 aromatic carbocycles. The summed E-state index contributed by atoms with van der Waals surface area (Å²) >= 11 is 0. The SMILES string of the molecule is c1ccc(-c2ccccc2-c2cccc(N(c3cccc(-n4c5ccccc5c5ccccc54)c3)c3ccccc3-c3cccc4oc5ccccc5c34)c2)cc1. The van der Waals surface area contributed by atoms with Crippen molar-refractivity contribution in [1.82, 2.24) is 4.57 Å². The quantitative estimate of drug-likeness (QED) is 0.163. The van der Waals surface area contributed by atoms with Crippen LogP contribution in [0.5, 0.6) is 0 Å². The van der Waals surface area contributed by atoms with E-state index in [0.29, 0.717) is 0 Å². The molecule has 268 valence electrons. The average molecular weight is 729 g/mol. The normalized spacial score (nSPS) is 11.5. The largest absolute Gasteiger partial charge is 0.456 e. The summed E-state index contributed by atoms with van der Waals surface area (Å²) < 4.78 is 8.80. The van der Waals surface area contributed by atoms with E-state index in [0.717, 1.165) is 61.4 Å². The summed E-state index contributed by atoms with van der Waals surface area (Å²) in [6.45, 7) is 0. The fourth-order valence-electron chi connectivity index (χ4n) is 8.71. The molecular formula is C54H36N2O. The van der Waals surface area contributed by atoms with Crippen molar-refractivity contribution >= 4 is 60.8 Å². The molecule has 0 amide bonds. The van der Waals surface area contributed by atoms with Crippen LogP contribution in [0.3, 0.4) is 0 Å². The van der Waals surface area contributed by atoms with Gasteiger partial charge in [-0.05, 0) is 88.5 Å². The van der Waals surface area contributed by atoms with Gasteiger partial charge in [-0.2, -0.15) is 0 Å². The Bertz CT molecular complexity index is 3210. The van der Waals surface area contributed by atoms with Crippen molar-refractivity contribution in [2.45, 2.75) is 0 Å². The van der Waals surface area contributed by atoms with Gasteiger partial charge < -0.3 is 13.9 Å². The molecule has 0 radical (unpaired) electrons. The second-order valence-electron chi connectivity index (χ2n) is 14.5. The summed E-state index contributed by atoms with van der Waals surface area (Å²) in [6.07, 6.45) is 0. The summed E-state index contributed by atoms with van der Waals surface area (Å²) in [5.74, 6) is 0. The molecule has 3 heteroatoms. The van der Waals surface area contributed by atoms with Crippen LogP contribution in [0.25, 0.3) is 82.8 Å². The van der Waals surface area contributed by atoms with Gasteiger partial charge in [-0.3, -0.25) is 0 Å². The lowest BCUT2D eigenvalue weighted by Crippen LogP contribution is -2.12. The monoisotopic (exact) mass is 728 g/mol. The Kier molecular flexibility index (Phi) is 7.82. The number of aromatic nitrogens is 1. The van der Waals surface area contributed by atoms with Gasteiger partial charge >= 0.3 is 0 Å². The minimum atomic E-state index is 0.878. The van der Waals surface area contributed by atoms with Crippen molar-refractivity contribution in [3.63, 3.8) is 0 Å². The summed E-state index contributed by atoms with van der Waals surface area (Å²) in [4.78, 5) is 2.42. The molecule has 0 bridgehead atoms. The number of rotatable bonds is 7. The highest BCUT2D eigenvalue weighted by Crippen LogP contribution is 2.46. The van der Waals surface area contributed by atoms with Crippen LogP contribution < -0.4 is 4.90 Å². The van der Waals surface area contributed by atoms with Crippen LogP contribution in [-0.2, 0) is 0 Å². The molecule has 0 spiro atoms. The minimum absolute atomic E-state index is 0.878. The Labute approximate surface area is 330 Å². The first-order chi connectivity index (χ1) is 28.3. The van der Waals surface area contributed by atoms with Crippen molar-refractivity contribution in [3.8, 4) is 39.1 Å². The predicted molar refractivity (Wildman–Crippen MR) is 239 cm³/mol. The second-order valence-corrected chi connectivity index (χ2v) is 14.5. The average Bonchev–Trinajstić information content (AvgIpc) is 3.84. The number of benzene rings is 9. The lowest BCUT2D eigenvalue weighted by Gasteiger charge is -2.29. The molecule has 3 nitrogen and oxygen atoms in total. The summed E-state index contributed by atoms with van der Waals surface area (Å²) in [5, 5.41) is 4.71. The topological polar surface area (TPSA) is 21.3 Å². The summed E-state index contributed by atoms with van der Waals surface area (Å²) in [7, 11) is 0. The molecule has 0 aliphatic rings. The molecule has 0 saturated carbocycles. The first-order valence-electron chi connectivity index (χ1n) is 19.4. The standard InChI is InChI=1S/C54H36N2O/c1-2-17-37(18-3-1)42-23-4-5-24-43(42)38-19-14-20-39(35-38)55(40-21-15-22-41(36-40)56-50-31-11-6-25-44(50)45-26-7-12-32-51(45)56)49-30-10-8-27-46(49)47-29-16-34-53-54(47)48-28-9-13-33-52(48)57-53/h1-36H. The molecule has 2 heterocycles. The van der Waals surface area contributed by atoms with E-state index in [4.69, 9.17) is 4.42 Å². The Hall–Kier alpha value is -7.62. The van der Waals surface area contributed by atoms with Crippen LogP contribution in [-0.4, -0.2) is 4.57 Å². The van der Waals surface area contributed by atoms with Gasteiger partial charge in [0, 0.05) is 44.2 Å². The van der Waals surface area contributed by atoms with Crippen molar-refractivity contribution < 1.29 is 4.42 Å². The van der Waals surface area contributed by atoms with Gasteiger partial charge in [-0.15, -0.1) is 0 Å². The van der Waals surface area contributed by atoms with Crippen LogP contribution in [0.4, 0.5) is 17.1 Å². The number of hydrogen-bond acceptors (Lipinski definition) is 2. The number of fused-ring (bicyclic) bond motifs is 6. The minimum Gasteiger partial charge on any atom is -0.456 e. The first-order valence-corrected chi connectivity index (χ1v) is 19.4. The maximum Gasteiger partial charge on any atom is 0.136 e. The highest BCUT2D eigenvalue weighted by Gasteiger charge is 2.22. The number of anilines is 3. The molecular weight excluding hydrogens is 693 g/mol. The van der Waals surface area contributed by atoms with Crippen LogP contribution in [0.1, 0.15) is 0 Å². The highest BCUT2D eigenvalue weighted by molar-refractivity contribution is 6.14. The number of hydrogen-bond donors (Lipinski definition) is 0. The molecule has 2 aromatic heterocycles. The predicted octanol–water partition coefficient (Wildman–Crippen LogP) is 15.2. The highest BCUT2D eigenvalue weighted by atomic mass is 16.3. The zero-order chi connectivity index (χ0) is 37.7. The van der Waals surface area contributed by atoms with Gasteiger partial charge in [-0.1, -0.05) is 158 Å². The molecule has 0 aliphatic carbocycles. The Morgan fingerprint density at radius 2 is 0.877 bits per heavy atom. The summed E-state index contributed by atoms with van der Waals surface area (Å²) in [5.41, 5.74) is 15.4. The number of furan rings is 1. The Morgan fingerprint density at radius 3 is 1.65 bits per heavy atom. The molecule has 0 aliphatic heterocycles. The summed E-state index contributed by atoms with van der Waals surface area (Å²) in [6, 6.07) is 78.2. The van der Waals surface area contributed by atoms with Gasteiger partial charge in [0.05, 0.1) is 16.7 Å². The van der Waals surface area contributed by atoms with E-state index in [1.165, 1.54) is 38.5 Å². The Balaban J connectivity index is 1.16. The first kappa shape index (κ1) is 32.8. The van der Waals surface area contributed by atoms with Crippen molar-refractivity contribution in [2.75, 3.05) is 4.90 Å². The van der Waals surface area contributed by atoms with Crippen LogP contribution >= 0.6 is 0 Å². The molecule has 0 atom stereocenters. The maximum atomic E-state index is 6.41. The molecule has 0 N–H and O–H groups in total. The fraction of sp³-hybridized carbons (Fsp3) is 0. The van der Waals surface area contributed by atoms with Gasteiger partial charge in [0.15, 0.2) is 0 Å². The zero-order valence-electron chi connectivity index (χ0n) is 31.1. The van der Waals surface area contributed by atoms with Crippen molar-refractivity contribution in [3.05, 3.63) is 218 Å². The van der Waals surface area contributed by atoms with Gasteiger partial charge in [0.25, 0.3) is 0 Å². The third-order valence-corrected chi connectivity index (χ3v) is 11.2. The molecule has 11 rings (SSSR count). The third-order valence-electron chi connectivity index (χ3n) is 11.2. The van der Waals surface area contributed by atoms with E-state index in [1.807, 2.05) is 6.07 Å². The molecule has 0 fully saturated rings. The van der Waals surface area contributed by atoms with E-state index in [1.54, 1.807) is 0 Å². The van der Waals surface area contributed by atoms with E-state index in [2.05, 4.69) is 222 Å². The lowest BCUT2D eigenvalue weighted by atomic mass is 9.94. The third kappa shape index (κ3) is 5.51. The van der Waals surface area contributed by atoms with E-state index < -0.39 is 0 Å². The van der Waals surface area contributed by atoms with Crippen LogP contribution in [0.15, 0.2) is 223 Å². The van der Waals surface area contributed by atoms with Crippen LogP contribution in [0, 0.1) is 0 Å². The van der Waals surface area contributed by atoms with E-state index in [9.17, 15) is 0 Å². The fourth-order valence-corrected chi connectivity index (χ4v) is 8.71. The van der Waals surface area contributed by atoms with Gasteiger partial charge in [0.2, 0.25) is 0 Å². The van der Waals surface area contributed by atoms with Crippen LogP contribution in [0.2, 0.25) is 0 Å². The van der Waals surface area contributed by atoms with E-state index >= 15 is 0 Å². The number of para-hydroxylation sites is 4. The number of nitrogens with zero attached hydrogens (tertiary/aromatic N) is 2. The Morgan fingerprint density at radius 1 is 0.351 bits per heavy atom. The zero-order valence-corrected chi connectivity index (χ0v) is 31.1. The molecule has 57 heavy (non-hydrogen) atoms. The van der Waals surface area contributed by atoms with Gasteiger partial charge in [0.1, 0.15) is 11.2 Å². The molecule has 0 unspecified atom stereocenters. The van der Waals surface area contributed by atoms with E-state index in [-0.39, 0.29) is 0 Å². The molecule has 11 aromatic rings. The molecule has 0 saturated heterocycles.